The van der Waals surface area contributed by atoms with Crippen molar-refractivity contribution in [2.24, 2.45) is 11.8 Å². The molecule has 4 unspecified atom stereocenters. The molecular formula is C33H35N3O4. The van der Waals surface area contributed by atoms with Crippen LogP contribution in [0.5, 0.6) is 5.75 Å². The Morgan fingerprint density at radius 3 is 2.00 bits per heavy atom. The zero-order chi connectivity index (χ0) is 27.6. The normalized spacial score (nSPS) is 24.5. The van der Waals surface area contributed by atoms with E-state index in [1.165, 1.54) is 0 Å². The zero-order valence-electron chi connectivity index (χ0n) is 22.7. The Morgan fingerprint density at radius 1 is 0.775 bits per heavy atom. The van der Waals surface area contributed by atoms with Crippen LogP contribution in [0.4, 0.5) is 0 Å². The molecule has 3 aliphatic rings. The van der Waals surface area contributed by atoms with Crippen molar-refractivity contribution in [2.45, 2.75) is 30.8 Å². The summed E-state index contributed by atoms with van der Waals surface area (Å²) in [6, 6.07) is 25.3. The monoisotopic (exact) mass is 537 g/mol. The number of carbonyl (C=O) groups is 3. The first-order valence-electron chi connectivity index (χ1n) is 14.2. The molecule has 3 aromatic carbocycles. The number of nitrogens with one attached hydrogen (secondary N) is 1. The van der Waals surface area contributed by atoms with Gasteiger partial charge in [-0.2, -0.15) is 0 Å². The van der Waals surface area contributed by atoms with Gasteiger partial charge in [0.2, 0.25) is 11.8 Å². The molecule has 40 heavy (non-hydrogen) atoms. The highest BCUT2D eigenvalue weighted by atomic mass is 16.5. The maximum absolute atomic E-state index is 14.5. The van der Waals surface area contributed by atoms with Crippen LogP contribution in [-0.4, -0.2) is 66.7 Å². The average molecular weight is 538 g/mol. The van der Waals surface area contributed by atoms with Crippen LogP contribution in [0, 0.1) is 11.8 Å². The van der Waals surface area contributed by atoms with Gasteiger partial charge in [-0.3, -0.25) is 14.4 Å². The van der Waals surface area contributed by atoms with Crippen LogP contribution in [0.25, 0.3) is 0 Å². The summed E-state index contributed by atoms with van der Waals surface area (Å²) < 4.78 is 5.41. The lowest BCUT2D eigenvalue weighted by Gasteiger charge is -2.36. The standard InChI is InChI=1S/C33H35N3O4/c1-40-26-16-14-23(15-17-26)29-28(31(37)24-10-6-3-7-11-24)27(22-8-4-2-5-9-22)30(36(29)32(38)25-12-13-25)33(39)35-20-18-34-19-21-35/h2-11,14-17,25,27-30,34H,12-13,18-21H2,1H3. The number of rotatable bonds is 7. The second-order valence-electron chi connectivity index (χ2n) is 11.0. The second kappa shape index (κ2) is 11.3. The van der Waals surface area contributed by atoms with Crippen LogP contribution in [0.3, 0.4) is 0 Å². The molecule has 206 valence electrons. The Bertz CT molecular complexity index is 1350. The molecule has 0 radical (unpaired) electrons. The van der Waals surface area contributed by atoms with Gasteiger partial charge in [0.25, 0.3) is 0 Å². The van der Waals surface area contributed by atoms with Gasteiger partial charge in [0.1, 0.15) is 11.8 Å². The predicted molar refractivity (Wildman–Crippen MR) is 152 cm³/mol. The van der Waals surface area contributed by atoms with Gasteiger partial charge in [-0.05, 0) is 36.1 Å². The van der Waals surface area contributed by atoms with Crippen LogP contribution in [0.1, 0.15) is 46.3 Å². The predicted octanol–water partition coefficient (Wildman–Crippen LogP) is 4.07. The van der Waals surface area contributed by atoms with E-state index in [0.717, 1.165) is 24.0 Å². The maximum Gasteiger partial charge on any atom is 0.246 e. The van der Waals surface area contributed by atoms with E-state index in [1.54, 1.807) is 12.0 Å². The minimum Gasteiger partial charge on any atom is -0.497 e. The van der Waals surface area contributed by atoms with Crippen LogP contribution in [-0.2, 0) is 9.59 Å². The largest absolute Gasteiger partial charge is 0.497 e. The maximum atomic E-state index is 14.5. The van der Waals surface area contributed by atoms with Gasteiger partial charge in [-0.25, -0.2) is 0 Å². The molecule has 7 nitrogen and oxygen atoms in total. The molecule has 7 heteroatoms. The first kappa shape index (κ1) is 26.3. The number of methoxy groups -OCH3 is 1. The zero-order valence-corrected chi connectivity index (χ0v) is 22.7. The molecule has 0 aromatic heterocycles. The lowest BCUT2D eigenvalue weighted by atomic mass is 9.76. The number of ether oxygens (including phenoxy) is 1. The molecule has 1 N–H and O–H groups in total. The number of piperazine rings is 1. The Hall–Kier alpha value is -3.97. The fourth-order valence-corrected chi connectivity index (χ4v) is 6.41. The summed E-state index contributed by atoms with van der Waals surface area (Å²) in [5.74, 6) is -0.713. The number of Topliss-reactive ketones (excluding diaryl/α,β-unsaturated/α-hetero) is 1. The molecule has 2 heterocycles. The molecule has 0 bridgehead atoms. The van der Waals surface area contributed by atoms with Gasteiger partial charge in [-0.15, -0.1) is 0 Å². The van der Waals surface area contributed by atoms with E-state index in [9.17, 15) is 14.4 Å². The van der Waals surface area contributed by atoms with Crippen LogP contribution in [0.15, 0.2) is 84.9 Å². The van der Waals surface area contributed by atoms with E-state index in [2.05, 4.69) is 5.32 Å². The SMILES string of the molecule is COc1ccc(C2C(C(=O)c3ccccc3)C(c3ccccc3)C(C(=O)N3CCNCC3)N2C(=O)C2CC2)cc1. The van der Waals surface area contributed by atoms with Gasteiger partial charge in [0.15, 0.2) is 5.78 Å². The third kappa shape index (κ3) is 4.90. The molecule has 1 aliphatic carbocycles. The van der Waals surface area contributed by atoms with Crippen LogP contribution < -0.4 is 10.1 Å². The minimum absolute atomic E-state index is 0.0291. The Labute approximate surface area is 235 Å². The number of hydrogen-bond donors (Lipinski definition) is 1. The molecule has 1 saturated carbocycles. The number of hydrogen-bond acceptors (Lipinski definition) is 5. The van der Waals surface area contributed by atoms with E-state index in [4.69, 9.17) is 4.74 Å². The molecule has 2 aliphatic heterocycles. The molecule has 4 atom stereocenters. The second-order valence-corrected chi connectivity index (χ2v) is 11.0. The molecule has 3 fully saturated rings. The van der Waals surface area contributed by atoms with Crippen molar-refractivity contribution >= 4 is 17.6 Å². The highest BCUT2D eigenvalue weighted by Crippen LogP contribution is 2.53. The number of amides is 2. The van der Waals surface area contributed by atoms with E-state index >= 15 is 0 Å². The summed E-state index contributed by atoms with van der Waals surface area (Å²) in [4.78, 5) is 46.9. The lowest BCUT2D eigenvalue weighted by Crippen LogP contribution is -2.55. The summed E-state index contributed by atoms with van der Waals surface area (Å²) in [7, 11) is 1.61. The smallest absolute Gasteiger partial charge is 0.246 e. The summed E-state index contributed by atoms with van der Waals surface area (Å²) in [6.07, 6.45) is 1.62. The number of nitrogens with zero attached hydrogens (tertiary/aromatic N) is 2. The van der Waals surface area contributed by atoms with Gasteiger partial charge in [-0.1, -0.05) is 72.8 Å². The number of benzene rings is 3. The lowest BCUT2D eigenvalue weighted by molar-refractivity contribution is -0.147. The fourth-order valence-electron chi connectivity index (χ4n) is 6.41. The van der Waals surface area contributed by atoms with Crippen LogP contribution >= 0.6 is 0 Å². The van der Waals surface area contributed by atoms with Gasteiger partial charge in [0.05, 0.1) is 19.1 Å². The van der Waals surface area contributed by atoms with Gasteiger partial charge >= 0.3 is 0 Å². The van der Waals surface area contributed by atoms with Crippen molar-refractivity contribution in [1.29, 1.82) is 0 Å². The quantitative estimate of drug-likeness (QED) is 0.460. The van der Waals surface area contributed by atoms with E-state index < -0.39 is 23.9 Å². The molecule has 0 spiro atoms. The number of carbonyl (C=O) groups excluding carboxylic acids is 3. The third-order valence-corrected chi connectivity index (χ3v) is 8.53. The molecular weight excluding hydrogens is 502 g/mol. The van der Waals surface area contributed by atoms with Crippen LogP contribution in [0.2, 0.25) is 0 Å². The topological polar surface area (TPSA) is 79.0 Å². The minimum atomic E-state index is -0.779. The van der Waals surface area contributed by atoms with Crippen molar-refractivity contribution in [2.75, 3.05) is 33.3 Å². The van der Waals surface area contributed by atoms with Crippen molar-refractivity contribution in [3.05, 3.63) is 102 Å². The molecule has 6 rings (SSSR count). The first-order valence-corrected chi connectivity index (χ1v) is 14.2. The molecule has 3 aromatic rings. The van der Waals surface area contributed by atoms with Crippen molar-refractivity contribution in [1.82, 2.24) is 15.1 Å². The summed E-state index contributed by atoms with van der Waals surface area (Å²) in [5.41, 5.74) is 2.32. The van der Waals surface area contributed by atoms with Crippen molar-refractivity contribution < 1.29 is 19.1 Å². The first-order chi connectivity index (χ1) is 19.6. The summed E-state index contributed by atoms with van der Waals surface area (Å²) in [5, 5.41) is 3.32. The summed E-state index contributed by atoms with van der Waals surface area (Å²) in [6.45, 7) is 2.57. The molecule has 2 amide bonds. The Balaban J connectivity index is 1.56. The summed E-state index contributed by atoms with van der Waals surface area (Å²) >= 11 is 0. The van der Waals surface area contributed by atoms with Gasteiger partial charge < -0.3 is 19.9 Å². The molecule has 2 saturated heterocycles. The number of ketones is 1. The Kier molecular flexibility index (Phi) is 7.39. The highest BCUT2D eigenvalue weighted by Gasteiger charge is 2.59. The van der Waals surface area contributed by atoms with Gasteiger partial charge in [0, 0.05) is 43.6 Å². The van der Waals surface area contributed by atoms with E-state index in [1.807, 2.05) is 89.8 Å². The average Bonchev–Trinajstić information content (AvgIpc) is 3.82. The highest BCUT2D eigenvalue weighted by molar-refractivity contribution is 6.02. The van der Waals surface area contributed by atoms with Crippen molar-refractivity contribution in [3.8, 4) is 5.75 Å². The van der Waals surface area contributed by atoms with Crippen molar-refractivity contribution in [3.63, 3.8) is 0 Å². The van der Waals surface area contributed by atoms with E-state index in [-0.39, 0.29) is 23.5 Å². The third-order valence-electron chi connectivity index (χ3n) is 8.53. The van der Waals surface area contributed by atoms with E-state index in [0.29, 0.717) is 37.5 Å². The Morgan fingerprint density at radius 2 is 1.40 bits per heavy atom. The number of likely N-dealkylation sites (tertiary alicyclic amines) is 1. The fraction of sp³-hybridized carbons (Fsp3) is 0.364.